The van der Waals surface area contributed by atoms with E-state index in [0.29, 0.717) is 12.4 Å². The number of hydrogen-bond acceptors (Lipinski definition) is 4. The molecule has 0 fully saturated rings. The molecule has 0 amide bonds. The van der Waals surface area contributed by atoms with E-state index >= 15 is 0 Å². The first-order valence-electron chi connectivity index (χ1n) is 3.55. The summed E-state index contributed by atoms with van der Waals surface area (Å²) in [5, 5.41) is 0. The fraction of sp³-hybridized carbons (Fsp3) is 0.333. The number of H-pyrrole nitrogens is 2. The number of rotatable bonds is 3. The molecule has 0 aromatic carbocycles. The van der Waals surface area contributed by atoms with Crippen molar-refractivity contribution >= 4 is 5.82 Å². The van der Waals surface area contributed by atoms with Gasteiger partial charge in [-0.05, 0) is 0 Å². The Balaban J connectivity index is 2.86. The van der Waals surface area contributed by atoms with Gasteiger partial charge in [-0.15, -0.1) is 0 Å². The van der Waals surface area contributed by atoms with E-state index in [1.807, 2.05) is 6.92 Å². The second kappa shape index (κ2) is 3.72. The van der Waals surface area contributed by atoms with Crippen LogP contribution in [0.2, 0.25) is 0 Å². The van der Waals surface area contributed by atoms with E-state index in [2.05, 4.69) is 20.8 Å². The SMILES string of the molecule is CCNNc1cc(=O)[nH]c(=O)[nH]1. The number of nitrogens with one attached hydrogen (secondary N) is 4. The first kappa shape index (κ1) is 8.54. The first-order chi connectivity index (χ1) is 5.72. The van der Waals surface area contributed by atoms with E-state index in [1.165, 1.54) is 6.07 Å². The summed E-state index contributed by atoms with van der Waals surface area (Å²) >= 11 is 0. The zero-order valence-corrected chi connectivity index (χ0v) is 6.60. The molecule has 0 saturated carbocycles. The molecule has 1 aromatic heterocycles. The molecule has 0 spiro atoms. The quantitative estimate of drug-likeness (QED) is 0.438. The Morgan fingerprint density at radius 3 is 2.75 bits per heavy atom. The predicted molar refractivity (Wildman–Crippen MR) is 45.0 cm³/mol. The highest BCUT2D eigenvalue weighted by atomic mass is 16.2. The molecule has 12 heavy (non-hydrogen) atoms. The van der Waals surface area contributed by atoms with Crippen molar-refractivity contribution < 1.29 is 0 Å². The van der Waals surface area contributed by atoms with Gasteiger partial charge in [-0.25, -0.2) is 10.2 Å². The fourth-order valence-corrected chi connectivity index (χ4v) is 0.720. The van der Waals surface area contributed by atoms with Gasteiger partial charge < -0.3 is 5.43 Å². The van der Waals surface area contributed by atoms with Crippen LogP contribution >= 0.6 is 0 Å². The molecule has 1 heterocycles. The van der Waals surface area contributed by atoms with Crippen molar-refractivity contribution in [1.82, 2.24) is 15.4 Å². The van der Waals surface area contributed by atoms with Gasteiger partial charge in [0.1, 0.15) is 5.82 Å². The van der Waals surface area contributed by atoms with Crippen molar-refractivity contribution in [2.45, 2.75) is 6.92 Å². The van der Waals surface area contributed by atoms with Crippen LogP contribution in [0, 0.1) is 0 Å². The Bertz CT molecular complexity index is 325. The van der Waals surface area contributed by atoms with Crippen molar-refractivity contribution in [3.63, 3.8) is 0 Å². The predicted octanol–water partition coefficient (Wildman–Crippen LogP) is -1.00. The Labute approximate surface area is 68.0 Å². The lowest BCUT2D eigenvalue weighted by Gasteiger charge is -2.03. The Hall–Kier alpha value is -1.56. The van der Waals surface area contributed by atoms with E-state index in [1.54, 1.807) is 0 Å². The van der Waals surface area contributed by atoms with Gasteiger partial charge >= 0.3 is 5.69 Å². The Morgan fingerprint density at radius 2 is 2.17 bits per heavy atom. The number of hydrogen-bond donors (Lipinski definition) is 4. The third-order valence-corrected chi connectivity index (χ3v) is 1.16. The summed E-state index contributed by atoms with van der Waals surface area (Å²) in [6.45, 7) is 2.58. The van der Waals surface area contributed by atoms with Crippen LogP contribution in [-0.4, -0.2) is 16.5 Å². The second-order valence-corrected chi connectivity index (χ2v) is 2.16. The number of hydrazine groups is 1. The maximum absolute atomic E-state index is 10.7. The lowest BCUT2D eigenvalue weighted by Crippen LogP contribution is -2.27. The monoisotopic (exact) mass is 170 g/mol. The molecule has 0 bridgehead atoms. The molecule has 1 rings (SSSR count). The number of aromatic amines is 2. The summed E-state index contributed by atoms with van der Waals surface area (Å²) in [6.07, 6.45) is 0. The van der Waals surface area contributed by atoms with Gasteiger partial charge in [0, 0.05) is 12.6 Å². The molecule has 6 nitrogen and oxygen atoms in total. The summed E-state index contributed by atoms with van der Waals surface area (Å²) in [5.41, 5.74) is 4.44. The fourth-order valence-electron chi connectivity index (χ4n) is 0.720. The van der Waals surface area contributed by atoms with Crippen molar-refractivity contribution in [2.24, 2.45) is 0 Å². The van der Waals surface area contributed by atoms with Crippen molar-refractivity contribution in [3.05, 3.63) is 26.9 Å². The van der Waals surface area contributed by atoms with E-state index in [4.69, 9.17) is 0 Å². The maximum Gasteiger partial charge on any atom is 0.327 e. The number of aromatic nitrogens is 2. The van der Waals surface area contributed by atoms with Crippen LogP contribution < -0.4 is 22.1 Å². The molecular formula is C6H10N4O2. The van der Waals surface area contributed by atoms with E-state index < -0.39 is 11.2 Å². The highest BCUT2D eigenvalue weighted by molar-refractivity contribution is 5.29. The molecule has 0 aliphatic rings. The summed E-state index contributed by atoms with van der Waals surface area (Å²) < 4.78 is 0. The van der Waals surface area contributed by atoms with Gasteiger partial charge in [-0.3, -0.25) is 14.8 Å². The third-order valence-electron chi connectivity index (χ3n) is 1.16. The normalized spacial score (nSPS) is 9.75. The third kappa shape index (κ3) is 2.24. The standard InChI is InChI=1S/C6H10N4O2/c1-2-7-10-4-3-5(11)9-6(12)8-4/h3,7H,2H2,1H3,(H3,8,9,10,11,12). The topological polar surface area (TPSA) is 89.8 Å². The molecule has 0 aliphatic heterocycles. The van der Waals surface area contributed by atoms with Crippen LogP contribution in [0.4, 0.5) is 5.82 Å². The minimum atomic E-state index is -0.525. The minimum absolute atomic E-state index is 0.352. The highest BCUT2D eigenvalue weighted by Gasteiger charge is 1.92. The maximum atomic E-state index is 10.7. The molecule has 0 unspecified atom stereocenters. The lowest BCUT2D eigenvalue weighted by atomic mass is 10.6. The Morgan fingerprint density at radius 1 is 1.42 bits per heavy atom. The van der Waals surface area contributed by atoms with Crippen LogP contribution in [-0.2, 0) is 0 Å². The molecule has 4 N–H and O–H groups in total. The van der Waals surface area contributed by atoms with Gasteiger partial charge in [0.05, 0.1) is 0 Å². The van der Waals surface area contributed by atoms with Crippen molar-refractivity contribution in [1.29, 1.82) is 0 Å². The smallest absolute Gasteiger partial charge is 0.307 e. The van der Waals surface area contributed by atoms with Crippen LogP contribution in [0.1, 0.15) is 6.92 Å². The van der Waals surface area contributed by atoms with Gasteiger partial charge in [0.15, 0.2) is 0 Å². The number of anilines is 1. The first-order valence-corrected chi connectivity index (χ1v) is 3.55. The summed E-state index contributed by atoms with van der Waals surface area (Å²) in [5.74, 6) is 0.352. The van der Waals surface area contributed by atoms with Crippen molar-refractivity contribution in [2.75, 3.05) is 12.0 Å². The van der Waals surface area contributed by atoms with E-state index in [-0.39, 0.29) is 0 Å². The molecule has 6 heteroatoms. The molecule has 0 aliphatic carbocycles. The van der Waals surface area contributed by atoms with Gasteiger partial charge in [-0.2, -0.15) is 0 Å². The summed E-state index contributed by atoms with van der Waals surface area (Å²) in [4.78, 5) is 25.9. The molecule has 0 saturated heterocycles. The lowest BCUT2D eigenvalue weighted by molar-refractivity contribution is 0.829. The molecule has 66 valence electrons. The van der Waals surface area contributed by atoms with Gasteiger partial charge in [0.2, 0.25) is 0 Å². The van der Waals surface area contributed by atoms with E-state index in [9.17, 15) is 9.59 Å². The molecule has 1 aromatic rings. The second-order valence-electron chi connectivity index (χ2n) is 2.16. The average Bonchev–Trinajstić information content (AvgIpc) is 1.99. The van der Waals surface area contributed by atoms with Crippen LogP contribution in [0.15, 0.2) is 15.7 Å². The summed E-state index contributed by atoms with van der Waals surface area (Å²) in [6, 6.07) is 1.25. The van der Waals surface area contributed by atoms with E-state index in [0.717, 1.165) is 0 Å². The minimum Gasteiger partial charge on any atom is -0.307 e. The van der Waals surface area contributed by atoms with Crippen LogP contribution in [0.3, 0.4) is 0 Å². The average molecular weight is 170 g/mol. The molecule has 0 atom stereocenters. The van der Waals surface area contributed by atoms with Crippen LogP contribution in [0.25, 0.3) is 0 Å². The van der Waals surface area contributed by atoms with Crippen LogP contribution in [0.5, 0.6) is 0 Å². The Kier molecular flexibility index (Phi) is 2.65. The molecule has 0 radical (unpaired) electrons. The highest BCUT2D eigenvalue weighted by Crippen LogP contribution is 1.87. The zero-order chi connectivity index (χ0) is 8.97. The largest absolute Gasteiger partial charge is 0.327 e. The zero-order valence-electron chi connectivity index (χ0n) is 6.60. The summed E-state index contributed by atoms with van der Waals surface area (Å²) in [7, 11) is 0. The van der Waals surface area contributed by atoms with Gasteiger partial charge in [0.25, 0.3) is 5.56 Å². The van der Waals surface area contributed by atoms with Crippen molar-refractivity contribution in [3.8, 4) is 0 Å². The molecular weight excluding hydrogens is 160 g/mol. The van der Waals surface area contributed by atoms with Gasteiger partial charge in [-0.1, -0.05) is 6.92 Å².